The van der Waals surface area contributed by atoms with Gasteiger partial charge in [-0.25, -0.2) is 9.78 Å². The molecule has 3 rings (SSSR count). The maximum Gasteiger partial charge on any atom is 0.342 e. The van der Waals surface area contributed by atoms with E-state index in [-0.39, 0.29) is 47.4 Å². The molecule has 152 valence electrons. The van der Waals surface area contributed by atoms with Gasteiger partial charge in [-0.3, -0.25) is 14.2 Å². The Morgan fingerprint density at radius 3 is 2.69 bits per heavy atom. The molecular weight excluding hydrogens is 374 g/mol. The predicted octanol–water partition coefficient (Wildman–Crippen LogP) is 2.39. The minimum Gasteiger partial charge on any atom is -0.462 e. The van der Waals surface area contributed by atoms with Gasteiger partial charge in [-0.05, 0) is 25.3 Å². The Bertz CT molecular complexity index is 1080. The SMILES string of the molecule is CCOC(=O)c1c(C)oc2ncn(CC(=O)NC[C@H](C)c3ccccc3)c(=O)c12. The van der Waals surface area contributed by atoms with Gasteiger partial charge in [0.25, 0.3) is 5.56 Å². The van der Waals surface area contributed by atoms with Crippen LogP contribution in [0.25, 0.3) is 11.1 Å². The molecule has 0 aliphatic carbocycles. The molecule has 1 aromatic carbocycles. The average molecular weight is 397 g/mol. The Morgan fingerprint density at radius 2 is 2.00 bits per heavy atom. The number of hydrogen-bond donors (Lipinski definition) is 1. The highest BCUT2D eigenvalue weighted by Crippen LogP contribution is 2.21. The van der Waals surface area contributed by atoms with Crippen molar-refractivity contribution in [2.45, 2.75) is 33.2 Å². The van der Waals surface area contributed by atoms with Gasteiger partial charge >= 0.3 is 5.97 Å². The van der Waals surface area contributed by atoms with Crippen molar-refractivity contribution in [1.82, 2.24) is 14.9 Å². The van der Waals surface area contributed by atoms with Gasteiger partial charge in [-0.15, -0.1) is 0 Å². The summed E-state index contributed by atoms with van der Waals surface area (Å²) in [6, 6.07) is 9.82. The summed E-state index contributed by atoms with van der Waals surface area (Å²) >= 11 is 0. The van der Waals surface area contributed by atoms with Crippen molar-refractivity contribution in [3.05, 3.63) is 63.9 Å². The van der Waals surface area contributed by atoms with E-state index in [1.807, 2.05) is 37.3 Å². The Morgan fingerprint density at radius 1 is 1.28 bits per heavy atom. The number of carbonyl (C=O) groups excluding carboxylic acids is 2. The molecule has 8 heteroatoms. The first kappa shape index (κ1) is 20.3. The molecule has 1 amide bonds. The number of aryl methyl sites for hydroxylation is 1. The van der Waals surface area contributed by atoms with Crippen LogP contribution >= 0.6 is 0 Å². The highest BCUT2D eigenvalue weighted by molar-refractivity contribution is 6.03. The Hall–Kier alpha value is -3.42. The first-order valence-corrected chi connectivity index (χ1v) is 9.39. The summed E-state index contributed by atoms with van der Waals surface area (Å²) in [5, 5.41) is 2.85. The quantitative estimate of drug-likeness (QED) is 0.614. The number of benzene rings is 1. The summed E-state index contributed by atoms with van der Waals surface area (Å²) in [6.07, 6.45) is 1.24. The highest BCUT2D eigenvalue weighted by atomic mass is 16.5. The molecule has 2 heterocycles. The van der Waals surface area contributed by atoms with Crippen LogP contribution in [-0.2, 0) is 16.1 Å². The lowest BCUT2D eigenvalue weighted by Crippen LogP contribution is -2.34. The fourth-order valence-corrected chi connectivity index (χ4v) is 3.08. The number of fused-ring (bicyclic) bond motifs is 1. The Kier molecular flexibility index (Phi) is 6.11. The molecule has 8 nitrogen and oxygen atoms in total. The largest absolute Gasteiger partial charge is 0.462 e. The van der Waals surface area contributed by atoms with Crippen LogP contribution in [-0.4, -0.2) is 34.6 Å². The molecule has 0 saturated heterocycles. The summed E-state index contributed by atoms with van der Waals surface area (Å²) in [4.78, 5) is 41.5. The van der Waals surface area contributed by atoms with E-state index < -0.39 is 11.5 Å². The molecule has 0 aliphatic rings. The first-order valence-electron chi connectivity index (χ1n) is 9.39. The van der Waals surface area contributed by atoms with Crippen molar-refractivity contribution < 1.29 is 18.7 Å². The van der Waals surface area contributed by atoms with Gasteiger partial charge < -0.3 is 14.5 Å². The molecule has 1 N–H and O–H groups in total. The number of carbonyl (C=O) groups is 2. The van der Waals surface area contributed by atoms with Gasteiger partial charge in [0.1, 0.15) is 29.6 Å². The van der Waals surface area contributed by atoms with Gasteiger partial charge in [0, 0.05) is 6.54 Å². The van der Waals surface area contributed by atoms with Gasteiger partial charge in [0.2, 0.25) is 11.6 Å². The van der Waals surface area contributed by atoms with E-state index in [0.717, 1.165) is 10.1 Å². The van der Waals surface area contributed by atoms with E-state index in [1.54, 1.807) is 13.8 Å². The lowest BCUT2D eigenvalue weighted by molar-refractivity contribution is -0.121. The summed E-state index contributed by atoms with van der Waals surface area (Å²) in [6.45, 7) is 5.64. The van der Waals surface area contributed by atoms with Gasteiger partial charge in [0.15, 0.2) is 0 Å². The van der Waals surface area contributed by atoms with E-state index in [4.69, 9.17) is 9.15 Å². The van der Waals surface area contributed by atoms with E-state index in [9.17, 15) is 14.4 Å². The van der Waals surface area contributed by atoms with Crippen LogP contribution in [0.3, 0.4) is 0 Å². The van der Waals surface area contributed by atoms with Crippen molar-refractivity contribution in [1.29, 1.82) is 0 Å². The fraction of sp³-hybridized carbons (Fsp3) is 0.333. The zero-order valence-electron chi connectivity index (χ0n) is 16.6. The maximum absolute atomic E-state index is 12.8. The van der Waals surface area contributed by atoms with Crippen LogP contribution in [0.1, 0.15) is 41.4 Å². The van der Waals surface area contributed by atoms with Crippen molar-refractivity contribution >= 4 is 23.0 Å². The maximum atomic E-state index is 12.8. The molecule has 29 heavy (non-hydrogen) atoms. The number of furan rings is 1. The molecule has 0 saturated carbocycles. The van der Waals surface area contributed by atoms with Crippen LogP contribution in [0, 0.1) is 6.92 Å². The van der Waals surface area contributed by atoms with Gasteiger partial charge in [-0.1, -0.05) is 37.3 Å². The fourth-order valence-electron chi connectivity index (χ4n) is 3.08. The van der Waals surface area contributed by atoms with Crippen molar-refractivity contribution in [2.24, 2.45) is 0 Å². The number of esters is 1. The molecule has 0 aliphatic heterocycles. The standard InChI is InChI=1S/C21H23N3O5/c1-4-28-21(27)17-14(3)29-19-18(17)20(26)24(12-23-19)11-16(25)22-10-13(2)15-8-6-5-7-9-15/h5-9,12-13H,4,10-11H2,1-3H3,(H,22,25)/t13-/m0/s1. The minimum absolute atomic E-state index is 0.0221. The number of aromatic nitrogens is 2. The van der Waals surface area contributed by atoms with Crippen LogP contribution < -0.4 is 10.9 Å². The number of nitrogens with zero attached hydrogens (tertiary/aromatic N) is 2. The van der Waals surface area contributed by atoms with E-state index >= 15 is 0 Å². The molecule has 0 bridgehead atoms. The molecular formula is C21H23N3O5. The second-order valence-corrected chi connectivity index (χ2v) is 6.73. The highest BCUT2D eigenvalue weighted by Gasteiger charge is 2.24. The number of amides is 1. The molecule has 0 radical (unpaired) electrons. The third-order valence-electron chi connectivity index (χ3n) is 4.62. The average Bonchev–Trinajstić information content (AvgIpc) is 3.06. The van der Waals surface area contributed by atoms with Crippen LogP contribution in [0.5, 0.6) is 0 Å². The number of nitrogens with one attached hydrogen (secondary N) is 1. The topological polar surface area (TPSA) is 103 Å². The number of rotatable bonds is 7. The van der Waals surface area contributed by atoms with E-state index in [0.29, 0.717) is 6.54 Å². The Labute approximate surface area is 167 Å². The van der Waals surface area contributed by atoms with Crippen LogP contribution in [0.2, 0.25) is 0 Å². The first-order chi connectivity index (χ1) is 13.9. The zero-order chi connectivity index (χ0) is 21.0. The summed E-state index contributed by atoms with van der Waals surface area (Å²) in [7, 11) is 0. The second-order valence-electron chi connectivity index (χ2n) is 6.73. The lowest BCUT2D eigenvalue weighted by atomic mass is 10.0. The summed E-state index contributed by atoms with van der Waals surface area (Å²) < 4.78 is 11.6. The van der Waals surface area contributed by atoms with Gasteiger partial charge in [-0.2, -0.15) is 0 Å². The molecule has 1 atom stereocenters. The Balaban J connectivity index is 1.77. The van der Waals surface area contributed by atoms with Crippen LogP contribution in [0.4, 0.5) is 0 Å². The van der Waals surface area contributed by atoms with Crippen molar-refractivity contribution in [3.8, 4) is 0 Å². The third kappa shape index (κ3) is 4.37. The summed E-state index contributed by atoms with van der Waals surface area (Å²) in [5.41, 5.74) is 0.680. The number of hydrogen-bond acceptors (Lipinski definition) is 6. The molecule has 0 fully saturated rings. The van der Waals surface area contributed by atoms with Crippen molar-refractivity contribution in [2.75, 3.05) is 13.2 Å². The predicted molar refractivity (Wildman–Crippen MR) is 107 cm³/mol. The lowest BCUT2D eigenvalue weighted by Gasteiger charge is -2.13. The molecule has 0 unspecified atom stereocenters. The zero-order valence-corrected chi connectivity index (χ0v) is 16.6. The van der Waals surface area contributed by atoms with Gasteiger partial charge in [0.05, 0.1) is 6.61 Å². The minimum atomic E-state index is -0.651. The second kappa shape index (κ2) is 8.72. The molecule has 2 aromatic heterocycles. The molecule has 3 aromatic rings. The monoisotopic (exact) mass is 397 g/mol. The molecule has 0 spiro atoms. The number of ether oxygens (including phenoxy) is 1. The van der Waals surface area contributed by atoms with E-state index in [2.05, 4.69) is 10.3 Å². The normalized spacial score (nSPS) is 12.0. The third-order valence-corrected chi connectivity index (χ3v) is 4.62. The van der Waals surface area contributed by atoms with Crippen LogP contribution in [0.15, 0.2) is 45.9 Å². The summed E-state index contributed by atoms with van der Waals surface area (Å²) in [5.74, 6) is -0.596. The smallest absolute Gasteiger partial charge is 0.342 e. The van der Waals surface area contributed by atoms with E-state index in [1.165, 1.54) is 6.33 Å². The van der Waals surface area contributed by atoms with Crippen molar-refractivity contribution in [3.63, 3.8) is 0 Å².